The summed E-state index contributed by atoms with van der Waals surface area (Å²) in [6.45, 7) is 0.362. The number of carbonyl (C=O) groups excluding carboxylic acids is 2. The molecule has 1 atom stereocenters. The first-order valence-electron chi connectivity index (χ1n) is 9.12. The van der Waals surface area contributed by atoms with E-state index in [2.05, 4.69) is 4.98 Å². The molecule has 1 heterocycles. The molecule has 0 bridgehead atoms. The van der Waals surface area contributed by atoms with Gasteiger partial charge in [-0.15, -0.1) is 22.9 Å². The van der Waals surface area contributed by atoms with E-state index in [-0.39, 0.29) is 17.6 Å². The molecule has 1 aliphatic carbocycles. The Morgan fingerprint density at radius 1 is 1.26 bits per heavy atom. The largest absolute Gasteiger partial charge is 0.464 e. The minimum Gasteiger partial charge on any atom is -0.464 e. The van der Waals surface area contributed by atoms with Crippen molar-refractivity contribution < 1.29 is 14.3 Å². The van der Waals surface area contributed by atoms with Crippen molar-refractivity contribution in [1.82, 2.24) is 9.88 Å². The van der Waals surface area contributed by atoms with Gasteiger partial charge >= 0.3 is 5.97 Å². The summed E-state index contributed by atoms with van der Waals surface area (Å²) >= 11 is 7.89. The number of nitrogens with zero attached hydrogens (tertiary/aromatic N) is 2. The van der Waals surface area contributed by atoms with E-state index in [0.717, 1.165) is 31.2 Å². The highest BCUT2D eigenvalue weighted by Crippen LogP contribution is 2.30. The van der Waals surface area contributed by atoms with Crippen LogP contribution in [0.2, 0.25) is 0 Å². The normalized spacial score (nSPS) is 15.9. The van der Waals surface area contributed by atoms with Gasteiger partial charge in [0.15, 0.2) is 5.69 Å². The van der Waals surface area contributed by atoms with E-state index < -0.39 is 11.3 Å². The van der Waals surface area contributed by atoms with Crippen LogP contribution in [-0.4, -0.2) is 34.9 Å². The summed E-state index contributed by atoms with van der Waals surface area (Å²) in [5.74, 6) is -0.572. The average Bonchev–Trinajstić information content (AvgIpc) is 3.20. The molecule has 0 spiro atoms. The maximum atomic E-state index is 13.2. The Hall–Kier alpha value is -1.92. The lowest BCUT2D eigenvalue weighted by atomic mass is 9.93. The summed E-state index contributed by atoms with van der Waals surface area (Å²) < 4.78 is 4.72. The summed E-state index contributed by atoms with van der Waals surface area (Å²) in [6.07, 6.45) is 5.36. The molecule has 0 radical (unpaired) electrons. The predicted octanol–water partition coefficient (Wildman–Crippen LogP) is 4.57. The smallest absolute Gasteiger partial charge is 0.357 e. The second-order valence-corrected chi connectivity index (χ2v) is 8.03. The first kappa shape index (κ1) is 19.8. The molecule has 3 rings (SSSR count). The molecule has 27 heavy (non-hydrogen) atoms. The number of carbonyl (C=O) groups is 2. The highest BCUT2D eigenvalue weighted by molar-refractivity contribution is 7.09. The number of thiazole rings is 1. The number of amides is 1. The number of ether oxygens (including phenoxy) is 1. The van der Waals surface area contributed by atoms with Gasteiger partial charge < -0.3 is 9.64 Å². The third-order valence-electron chi connectivity index (χ3n) is 4.86. The van der Waals surface area contributed by atoms with Gasteiger partial charge in [0, 0.05) is 11.4 Å². The molecule has 1 aromatic carbocycles. The Bertz CT molecular complexity index is 775. The number of alkyl halides is 1. The fourth-order valence-electron chi connectivity index (χ4n) is 3.42. The van der Waals surface area contributed by atoms with E-state index in [4.69, 9.17) is 16.3 Å². The molecule has 2 aromatic rings. The predicted molar refractivity (Wildman–Crippen MR) is 106 cm³/mol. The number of aromatic nitrogens is 1. The zero-order valence-electron chi connectivity index (χ0n) is 15.3. The zero-order valence-corrected chi connectivity index (χ0v) is 16.8. The van der Waals surface area contributed by atoms with Crippen molar-refractivity contribution in [2.24, 2.45) is 0 Å². The molecule has 1 amide bonds. The van der Waals surface area contributed by atoms with Gasteiger partial charge in [-0.05, 0) is 18.4 Å². The molecule has 0 N–H and O–H groups in total. The van der Waals surface area contributed by atoms with Gasteiger partial charge in [-0.2, -0.15) is 0 Å². The molecule has 1 fully saturated rings. The van der Waals surface area contributed by atoms with Crippen LogP contribution >= 0.6 is 22.9 Å². The Kier molecular flexibility index (Phi) is 6.85. The first-order chi connectivity index (χ1) is 13.1. The summed E-state index contributed by atoms with van der Waals surface area (Å²) in [6, 6.07) is 9.56. The molecule has 1 aliphatic rings. The summed E-state index contributed by atoms with van der Waals surface area (Å²) in [7, 11) is 1.33. The van der Waals surface area contributed by atoms with Crippen LogP contribution in [0.1, 0.15) is 58.5 Å². The maximum Gasteiger partial charge on any atom is 0.357 e. The van der Waals surface area contributed by atoms with E-state index in [1.807, 2.05) is 35.2 Å². The van der Waals surface area contributed by atoms with E-state index in [9.17, 15) is 9.59 Å². The number of benzene rings is 1. The van der Waals surface area contributed by atoms with Gasteiger partial charge in [-0.3, -0.25) is 4.79 Å². The molecule has 1 unspecified atom stereocenters. The monoisotopic (exact) mass is 406 g/mol. The lowest BCUT2D eigenvalue weighted by molar-refractivity contribution is -0.134. The van der Waals surface area contributed by atoms with Crippen LogP contribution in [0.15, 0.2) is 35.7 Å². The third kappa shape index (κ3) is 4.87. The Balaban J connectivity index is 1.81. The first-order valence-corrected chi connectivity index (χ1v) is 10.4. The Labute approximate surface area is 168 Å². The van der Waals surface area contributed by atoms with Crippen molar-refractivity contribution in [2.75, 3.05) is 7.11 Å². The number of hydrogen-bond donors (Lipinski definition) is 0. The van der Waals surface area contributed by atoms with Gasteiger partial charge in [-0.1, -0.05) is 49.6 Å². The summed E-state index contributed by atoms with van der Waals surface area (Å²) in [5.41, 5.74) is 1.07. The zero-order chi connectivity index (χ0) is 19.2. The van der Waals surface area contributed by atoms with Crippen LogP contribution in [0, 0.1) is 0 Å². The van der Waals surface area contributed by atoms with Crippen molar-refractivity contribution in [3.63, 3.8) is 0 Å². The van der Waals surface area contributed by atoms with E-state index >= 15 is 0 Å². The van der Waals surface area contributed by atoms with Crippen molar-refractivity contribution in [3.8, 4) is 0 Å². The summed E-state index contributed by atoms with van der Waals surface area (Å²) in [5, 5.41) is 1.65. The third-order valence-corrected chi connectivity index (χ3v) is 6.13. The lowest BCUT2D eigenvalue weighted by Gasteiger charge is -2.35. The van der Waals surface area contributed by atoms with Crippen LogP contribution in [0.3, 0.4) is 0 Å². The van der Waals surface area contributed by atoms with Gasteiger partial charge in [0.2, 0.25) is 5.91 Å². The topological polar surface area (TPSA) is 59.5 Å². The van der Waals surface area contributed by atoms with Crippen molar-refractivity contribution in [2.45, 2.75) is 50.1 Å². The Morgan fingerprint density at radius 3 is 2.63 bits per heavy atom. The number of halogens is 1. The molecule has 1 aromatic heterocycles. The van der Waals surface area contributed by atoms with Crippen molar-refractivity contribution >= 4 is 34.8 Å². The molecule has 0 aliphatic heterocycles. The molecular formula is C20H23ClN2O3S. The van der Waals surface area contributed by atoms with E-state index in [1.165, 1.54) is 24.9 Å². The molecule has 7 heteroatoms. The highest BCUT2D eigenvalue weighted by atomic mass is 35.5. The van der Waals surface area contributed by atoms with Crippen LogP contribution < -0.4 is 0 Å². The molecule has 144 valence electrons. The van der Waals surface area contributed by atoms with Crippen LogP contribution in [-0.2, 0) is 16.1 Å². The number of hydrogen-bond acceptors (Lipinski definition) is 5. The standard InChI is InChI=1S/C20H23ClN2O3S/c1-26-20(25)16-13-27-17(22-16)12-23(15-10-6-3-7-11-15)19(24)18(21)14-8-4-2-5-9-14/h2,4-5,8-9,13,15,18H,3,6-7,10-12H2,1H3. The number of methoxy groups -OCH3 is 1. The van der Waals surface area contributed by atoms with Crippen LogP contribution in [0.5, 0.6) is 0 Å². The van der Waals surface area contributed by atoms with Gasteiger partial charge in [0.25, 0.3) is 0 Å². The second kappa shape index (κ2) is 9.33. The molecule has 0 saturated heterocycles. The van der Waals surface area contributed by atoms with E-state index in [1.54, 1.807) is 5.38 Å². The molecule has 5 nitrogen and oxygen atoms in total. The minimum absolute atomic E-state index is 0.107. The fraction of sp³-hybridized carbons (Fsp3) is 0.450. The SMILES string of the molecule is COC(=O)c1csc(CN(C(=O)C(Cl)c2ccccc2)C2CCCCC2)n1. The van der Waals surface area contributed by atoms with Crippen molar-refractivity contribution in [3.05, 3.63) is 52.0 Å². The molecule has 1 saturated carbocycles. The number of rotatable bonds is 6. The second-order valence-electron chi connectivity index (χ2n) is 6.65. The van der Waals surface area contributed by atoms with Crippen molar-refractivity contribution in [1.29, 1.82) is 0 Å². The number of esters is 1. The van der Waals surface area contributed by atoms with E-state index in [0.29, 0.717) is 11.6 Å². The van der Waals surface area contributed by atoms with Gasteiger partial charge in [-0.25, -0.2) is 9.78 Å². The van der Waals surface area contributed by atoms with Crippen LogP contribution in [0.4, 0.5) is 0 Å². The minimum atomic E-state index is -0.729. The van der Waals surface area contributed by atoms with Gasteiger partial charge in [0.05, 0.1) is 13.7 Å². The lowest BCUT2D eigenvalue weighted by Crippen LogP contribution is -2.42. The average molecular weight is 407 g/mol. The highest BCUT2D eigenvalue weighted by Gasteiger charge is 2.31. The maximum absolute atomic E-state index is 13.2. The van der Waals surface area contributed by atoms with Crippen LogP contribution in [0.25, 0.3) is 0 Å². The van der Waals surface area contributed by atoms with Gasteiger partial charge in [0.1, 0.15) is 10.4 Å². The summed E-state index contributed by atoms with van der Waals surface area (Å²) in [4.78, 5) is 31.1. The Morgan fingerprint density at radius 2 is 1.96 bits per heavy atom. The molecular weight excluding hydrogens is 384 g/mol. The quantitative estimate of drug-likeness (QED) is 0.520. The fourth-order valence-corrected chi connectivity index (χ4v) is 4.45.